The van der Waals surface area contributed by atoms with Crippen molar-refractivity contribution in [1.82, 2.24) is 5.32 Å². The van der Waals surface area contributed by atoms with Gasteiger partial charge >= 0.3 is 0 Å². The molecule has 5 heteroatoms. The van der Waals surface area contributed by atoms with Gasteiger partial charge in [-0.1, -0.05) is 6.07 Å². The molecule has 23 heavy (non-hydrogen) atoms. The quantitative estimate of drug-likeness (QED) is 0.882. The van der Waals surface area contributed by atoms with Crippen molar-refractivity contribution in [2.24, 2.45) is 5.92 Å². The normalized spacial score (nSPS) is 27.2. The molecule has 3 aliphatic rings. The molecule has 2 fully saturated rings. The number of hydrogen-bond donors (Lipinski definition) is 2. The first-order valence-electron chi connectivity index (χ1n) is 8.70. The molecule has 2 heterocycles. The number of anilines is 2. The van der Waals surface area contributed by atoms with Crippen LogP contribution in [0.3, 0.4) is 0 Å². The fourth-order valence-corrected chi connectivity index (χ4v) is 3.83. The van der Waals surface area contributed by atoms with Crippen LogP contribution in [0, 0.1) is 12.8 Å². The van der Waals surface area contributed by atoms with Crippen molar-refractivity contribution in [3.8, 4) is 0 Å². The summed E-state index contributed by atoms with van der Waals surface area (Å²) in [5, 5.41) is 13.1. The Kier molecular flexibility index (Phi) is 3.77. The van der Waals surface area contributed by atoms with E-state index in [2.05, 4.69) is 35.3 Å². The summed E-state index contributed by atoms with van der Waals surface area (Å²) in [6, 6.07) is 7.08. The molecule has 1 aromatic rings. The Morgan fingerprint density at radius 2 is 2.09 bits per heavy atom. The number of nitrogens with zero attached hydrogens (tertiary/aromatic N) is 2. The zero-order chi connectivity index (χ0) is 16.0. The fourth-order valence-electron chi connectivity index (χ4n) is 3.83. The first-order valence-corrected chi connectivity index (χ1v) is 8.70. The number of fused-ring (bicyclic) bond motifs is 1. The third-order valence-corrected chi connectivity index (χ3v) is 5.33. The number of aryl methyl sites for hydroxylation is 1. The van der Waals surface area contributed by atoms with E-state index in [1.165, 1.54) is 24.1 Å². The summed E-state index contributed by atoms with van der Waals surface area (Å²) >= 11 is 0. The maximum Gasteiger partial charge on any atom is 0.227 e. The highest BCUT2D eigenvalue weighted by Gasteiger charge is 2.36. The third-order valence-electron chi connectivity index (χ3n) is 5.33. The molecule has 0 radical (unpaired) electrons. The number of aliphatic hydroxyl groups is 1. The number of nitrogens with one attached hydrogen (secondary N) is 1. The zero-order valence-corrected chi connectivity index (χ0v) is 13.7. The van der Waals surface area contributed by atoms with Gasteiger partial charge in [0, 0.05) is 44.6 Å². The minimum Gasteiger partial charge on any atom is -0.391 e. The van der Waals surface area contributed by atoms with Crippen LogP contribution in [0.5, 0.6) is 0 Å². The van der Waals surface area contributed by atoms with E-state index >= 15 is 0 Å². The van der Waals surface area contributed by atoms with Crippen molar-refractivity contribution in [2.75, 3.05) is 36.0 Å². The Bertz CT molecular complexity index is 614. The maximum absolute atomic E-state index is 12.8. The van der Waals surface area contributed by atoms with E-state index in [-0.39, 0.29) is 11.8 Å². The zero-order valence-electron chi connectivity index (χ0n) is 13.7. The molecule has 0 spiro atoms. The second-order valence-electron chi connectivity index (χ2n) is 7.15. The van der Waals surface area contributed by atoms with Crippen LogP contribution in [-0.4, -0.2) is 49.3 Å². The molecule has 1 saturated carbocycles. The van der Waals surface area contributed by atoms with Crippen LogP contribution in [0.1, 0.15) is 24.8 Å². The number of carbonyl (C=O) groups excluding carboxylic acids is 1. The van der Waals surface area contributed by atoms with Crippen LogP contribution in [0.15, 0.2) is 18.2 Å². The molecular formula is C18H25N3O2. The lowest BCUT2D eigenvalue weighted by molar-refractivity contribution is -0.120. The van der Waals surface area contributed by atoms with Gasteiger partial charge in [0.15, 0.2) is 0 Å². The molecule has 1 saturated heterocycles. The van der Waals surface area contributed by atoms with Crippen molar-refractivity contribution in [2.45, 2.75) is 38.3 Å². The Hall–Kier alpha value is -1.59. The number of amides is 1. The van der Waals surface area contributed by atoms with E-state index < -0.39 is 6.10 Å². The van der Waals surface area contributed by atoms with E-state index in [9.17, 15) is 9.90 Å². The topological polar surface area (TPSA) is 55.8 Å². The van der Waals surface area contributed by atoms with Crippen LogP contribution < -0.4 is 15.1 Å². The van der Waals surface area contributed by atoms with Crippen LogP contribution in [0.4, 0.5) is 11.4 Å². The van der Waals surface area contributed by atoms with Gasteiger partial charge in [0.05, 0.1) is 17.5 Å². The summed E-state index contributed by atoms with van der Waals surface area (Å²) in [4.78, 5) is 17.2. The van der Waals surface area contributed by atoms with Crippen molar-refractivity contribution in [1.29, 1.82) is 0 Å². The van der Waals surface area contributed by atoms with E-state index in [1.54, 1.807) is 0 Å². The molecule has 1 aromatic carbocycles. The number of β-amino-alcohol motifs (C(OH)–C–C–N with tert-alkyl or cyclic N) is 1. The van der Waals surface area contributed by atoms with Crippen LogP contribution in [-0.2, 0) is 4.79 Å². The summed E-state index contributed by atoms with van der Waals surface area (Å²) in [6.45, 7) is 5.07. The third kappa shape index (κ3) is 2.83. The molecule has 4 rings (SSSR count). The van der Waals surface area contributed by atoms with Gasteiger partial charge in [0.25, 0.3) is 0 Å². The fraction of sp³-hybridized carbons (Fsp3) is 0.611. The van der Waals surface area contributed by atoms with Gasteiger partial charge in [-0.25, -0.2) is 0 Å². The number of carbonyl (C=O) groups is 1. The molecule has 2 N–H and O–H groups in total. The molecule has 0 unspecified atom stereocenters. The lowest BCUT2D eigenvalue weighted by Crippen LogP contribution is -2.45. The number of aliphatic hydroxyl groups excluding tert-OH is 1. The van der Waals surface area contributed by atoms with Crippen molar-refractivity contribution in [3.63, 3.8) is 0 Å². The maximum atomic E-state index is 12.8. The highest BCUT2D eigenvalue weighted by molar-refractivity contribution is 5.98. The first kappa shape index (κ1) is 15.0. The minimum absolute atomic E-state index is 0.0391. The molecule has 5 nitrogen and oxygen atoms in total. The van der Waals surface area contributed by atoms with Crippen molar-refractivity contribution in [3.05, 3.63) is 23.8 Å². The molecule has 0 aromatic heterocycles. The summed E-state index contributed by atoms with van der Waals surface area (Å²) in [5.41, 5.74) is 3.43. The molecule has 0 bridgehead atoms. The molecule has 2 aliphatic heterocycles. The lowest BCUT2D eigenvalue weighted by Gasteiger charge is -2.38. The van der Waals surface area contributed by atoms with Crippen LogP contribution in [0.25, 0.3) is 0 Å². The predicted octanol–water partition coefficient (Wildman–Crippen LogP) is 1.28. The minimum atomic E-state index is -0.399. The van der Waals surface area contributed by atoms with E-state index in [1.807, 2.05) is 4.90 Å². The molecule has 124 valence electrons. The monoisotopic (exact) mass is 315 g/mol. The highest BCUT2D eigenvalue weighted by atomic mass is 16.3. The predicted molar refractivity (Wildman–Crippen MR) is 90.9 cm³/mol. The van der Waals surface area contributed by atoms with E-state index in [0.29, 0.717) is 19.0 Å². The van der Waals surface area contributed by atoms with E-state index in [0.717, 1.165) is 25.3 Å². The second kappa shape index (κ2) is 5.80. The van der Waals surface area contributed by atoms with Gasteiger partial charge in [-0.2, -0.15) is 0 Å². The standard InChI is InChI=1S/C18H25N3O2/c1-12-2-5-15-16(8-12)21(7-6-20(15)14-3-4-14)18(23)9-13-10-19-11-17(13)22/h2,5,8,13-14,17,19,22H,3-4,6-7,9-11H2,1H3/t13-,17-/m1/s1. The summed E-state index contributed by atoms with van der Waals surface area (Å²) in [6.07, 6.45) is 2.55. The Labute approximate surface area is 137 Å². The number of hydrogen-bond acceptors (Lipinski definition) is 4. The van der Waals surface area contributed by atoms with Crippen LogP contribution in [0.2, 0.25) is 0 Å². The Morgan fingerprint density at radius 3 is 2.78 bits per heavy atom. The van der Waals surface area contributed by atoms with Crippen LogP contribution >= 0.6 is 0 Å². The van der Waals surface area contributed by atoms with Gasteiger partial charge in [-0.15, -0.1) is 0 Å². The molecule has 2 atom stereocenters. The van der Waals surface area contributed by atoms with Gasteiger partial charge in [0.2, 0.25) is 5.91 Å². The van der Waals surface area contributed by atoms with Crippen molar-refractivity contribution < 1.29 is 9.90 Å². The van der Waals surface area contributed by atoms with Gasteiger partial charge < -0.3 is 20.2 Å². The second-order valence-corrected chi connectivity index (χ2v) is 7.15. The Morgan fingerprint density at radius 1 is 1.26 bits per heavy atom. The van der Waals surface area contributed by atoms with Gasteiger partial charge in [0.1, 0.15) is 0 Å². The molecular weight excluding hydrogens is 290 g/mol. The van der Waals surface area contributed by atoms with Crippen molar-refractivity contribution >= 4 is 17.3 Å². The summed E-state index contributed by atoms with van der Waals surface area (Å²) < 4.78 is 0. The lowest BCUT2D eigenvalue weighted by atomic mass is 10.0. The van der Waals surface area contributed by atoms with Gasteiger partial charge in [-0.05, 0) is 37.5 Å². The van der Waals surface area contributed by atoms with E-state index in [4.69, 9.17) is 0 Å². The SMILES string of the molecule is Cc1ccc2c(c1)N(C(=O)C[C@@H]1CNC[C@H]1O)CCN2C1CC1. The highest BCUT2D eigenvalue weighted by Crippen LogP contribution is 2.40. The first-order chi connectivity index (χ1) is 11.1. The summed E-state index contributed by atoms with van der Waals surface area (Å²) in [5.74, 6) is 0.178. The molecule has 1 amide bonds. The largest absolute Gasteiger partial charge is 0.391 e. The number of benzene rings is 1. The van der Waals surface area contributed by atoms with Gasteiger partial charge in [-0.3, -0.25) is 4.79 Å². The average molecular weight is 315 g/mol. The molecule has 1 aliphatic carbocycles. The summed E-state index contributed by atoms with van der Waals surface area (Å²) in [7, 11) is 0. The number of rotatable bonds is 3. The average Bonchev–Trinajstić information content (AvgIpc) is 3.30. The smallest absolute Gasteiger partial charge is 0.227 e. The Balaban J connectivity index is 1.58.